The lowest BCUT2D eigenvalue weighted by Crippen LogP contribution is -1.97. The summed E-state index contributed by atoms with van der Waals surface area (Å²) in [5.74, 6) is 1.76. The zero-order valence-electron chi connectivity index (χ0n) is 15.9. The van der Waals surface area contributed by atoms with Crippen molar-refractivity contribution in [2.45, 2.75) is 13.3 Å². The van der Waals surface area contributed by atoms with E-state index in [4.69, 9.17) is 18.6 Å². The Kier molecular flexibility index (Phi) is 5.50. The third kappa shape index (κ3) is 3.53. The number of methoxy groups -OCH3 is 3. The maximum absolute atomic E-state index is 12.7. The maximum Gasteiger partial charge on any atom is 0.221 e. The number of benzene rings is 2. The molecule has 0 spiro atoms. The smallest absolute Gasteiger partial charge is 0.221 e. The number of para-hydroxylation sites is 1. The first-order valence-electron chi connectivity index (χ1n) is 8.65. The predicted molar refractivity (Wildman–Crippen MR) is 105 cm³/mol. The molecule has 140 valence electrons. The van der Waals surface area contributed by atoms with E-state index >= 15 is 0 Å². The first-order chi connectivity index (χ1) is 13.1. The van der Waals surface area contributed by atoms with Gasteiger partial charge in [-0.1, -0.05) is 31.2 Å². The number of allylic oxidation sites excluding steroid dienone is 1. The van der Waals surface area contributed by atoms with Gasteiger partial charge in [0.05, 0.1) is 21.3 Å². The van der Waals surface area contributed by atoms with Crippen LogP contribution in [-0.4, -0.2) is 27.1 Å². The summed E-state index contributed by atoms with van der Waals surface area (Å²) in [6.45, 7) is 2.01. The molecule has 0 aliphatic heterocycles. The van der Waals surface area contributed by atoms with E-state index < -0.39 is 0 Å². The Balaban J connectivity index is 1.96. The molecule has 0 saturated heterocycles. The van der Waals surface area contributed by atoms with Crippen molar-refractivity contribution in [1.29, 1.82) is 0 Å². The van der Waals surface area contributed by atoms with Gasteiger partial charge in [-0.15, -0.1) is 0 Å². The molecule has 2 aromatic carbocycles. The molecule has 0 saturated carbocycles. The minimum Gasteiger partial charge on any atom is -0.493 e. The van der Waals surface area contributed by atoms with Crippen molar-refractivity contribution in [3.05, 3.63) is 59.4 Å². The summed E-state index contributed by atoms with van der Waals surface area (Å²) in [6, 6.07) is 11.2. The monoisotopic (exact) mass is 366 g/mol. The number of furan rings is 1. The standard InChI is InChI=1S/C22H22O5/c1-5-15-16-8-6-7-9-18(16)27-21(15)17(23)11-10-14-12-19(24-2)22(26-4)20(13-14)25-3/h6-13H,5H2,1-4H3/b11-10+. The van der Waals surface area contributed by atoms with Crippen molar-refractivity contribution >= 4 is 22.8 Å². The van der Waals surface area contributed by atoms with Crippen molar-refractivity contribution in [2.75, 3.05) is 21.3 Å². The average molecular weight is 366 g/mol. The number of hydrogen-bond acceptors (Lipinski definition) is 5. The van der Waals surface area contributed by atoms with Crippen LogP contribution in [0, 0.1) is 0 Å². The highest BCUT2D eigenvalue weighted by molar-refractivity contribution is 6.08. The quantitative estimate of drug-likeness (QED) is 0.439. The molecule has 0 radical (unpaired) electrons. The first-order valence-corrected chi connectivity index (χ1v) is 8.65. The molecule has 0 atom stereocenters. The molecule has 0 N–H and O–H groups in total. The second-order valence-corrected chi connectivity index (χ2v) is 5.92. The van der Waals surface area contributed by atoms with E-state index in [1.165, 1.54) is 6.08 Å². The normalized spacial score (nSPS) is 11.1. The van der Waals surface area contributed by atoms with Crippen LogP contribution in [0.15, 0.2) is 46.9 Å². The predicted octanol–water partition coefficient (Wildman–Crippen LogP) is 4.92. The number of aryl methyl sites for hydroxylation is 1. The SMILES string of the molecule is CCc1c(C(=O)/C=C/c2cc(OC)c(OC)c(OC)c2)oc2ccccc12. The average Bonchev–Trinajstić information content (AvgIpc) is 3.09. The molecule has 0 aliphatic carbocycles. The highest BCUT2D eigenvalue weighted by Gasteiger charge is 2.17. The fourth-order valence-electron chi connectivity index (χ4n) is 3.09. The first kappa shape index (κ1) is 18.6. The number of fused-ring (bicyclic) bond motifs is 1. The molecule has 27 heavy (non-hydrogen) atoms. The van der Waals surface area contributed by atoms with E-state index in [0.717, 1.165) is 28.5 Å². The van der Waals surface area contributed by atoms with E-state index in [0.29, 0.717) is 23.0 Å². The van der Waals surface area contributed by atoms with E-state index in [1.807, 2.05) is 31.2 Å². The summed E-state index contributed by atoms with van der Waals surface area (Å²) >= 11 is 0. The van der Waals surface area contributed by atoms with E-state index in [-0.39, 0.29) is 5.78 Å². The molecular weight excluding hydrogens is 344 g/mol. The molecule has 0 fully saturated rings. The molecular formula is C22H22O5. The highest BCUT2D eigenvalue weighted by atomic mass is 16.5. The van der Waals surface area contributed by atoms with Crippen LogP contribution in [0.2, 0.25) is 0 Å². The number of ketones is 1. The van der Waals surface area contributed by atoms with Gasteiger partial charge in [-0.2, -0.15) is 0 Å². The number of carbonyl (C=O) groups is 1. The summed E-state index contributed by atoms with van der Waals surface area (Å²) in [5, 5.41) is 0.976. The number of ether oxygens (including phenoxy) is 3. The molecule has 0 amide bonds. The van der Waals surface area contributed by atoms with Crippen LogP contribution < -0.4 is 14.2 Å². The number of carbonyl (C=O) groups excluding carboxylic acids is 1. The van der Waals surface area contributed by atoms with Crippen LogP contribution in [-0.2, 0) is 6.42 Å². The van der Waals surface area contributed by atoms with Crippen LogP contribution in [0.4, 0.5) is 0 Å². The van der Waals surface area contributed by atoms with E-state index in [2.05, 4.69) is 0 Å². The van der Waals surface area contributed by atoms with Crippen LogP contribution >= 0.6 is 0 Å². The van der Waals surface area contributed by atoms with Gasteiger partial charge in [0, 0.05) is 10.9 Å². The van der Waals surface area contributed by atoms with Crippen molar-refractivity contribution < 1.29 is 23.4 Å². The Morgan fingerprint density at radius 2 is 1.70 bits per heavy atom. The van der Waals surface area contributed by atoms with Gasteiger partial charge in [-0.3, -0.25) is 4.79 Å². The van der Waals surface area contributed by atoms with Gasteiger partial charge in [-0.05, 0) is 36.3 Å². The van der Waals surface area contributed by atoms with Crippen LogP contribution in [0.3, 0.4) is 0 Å². The molecule has 1 heterocycles. The zero-order chi connectivity index (χ0) is 19.4. The summed E-state index contributed by atoms with van der Waals surface area (Å²) in [4.78, 5) is 12.7. The molecule has 0 aliphatic rings. The summed E-state index contributed by atoms with van der Waals surface area (Å²) in [5.41, 5.74) is 2.40. The molecule has 3 aromatic rings. The molecule has 5 nitrogen and oxygen atoms in total. The van der Waals surface area contributed by atoms with Crippen molar-refractivity contribution in [3.63, 3.8) is 0 Å². The fourth-order valence-corrected chi connectivity index (χ4v) is 3.09. The minimum absolute atomic E-state index is 0.184. The molecule has 3 rings (SSSR count). The topological polar surface area (TPSA) is 57.9 Å². The Morgan fingerprint density at radius 3 is 2.30 bits per heavy atom. The number of hydrogen-bond donors (Lipinski definition) is 0. The van der Waals surface area contributed by atoms with Gasteiger partial charge in [0.2, 0.25) is 11.5 Å². The second-order valence-electron chi connectivity index (χ2n) is 5.92. The van der Waals surface area contributed by atoms with Crippen LogP contribution in [0.1, 0.15) is 28.6 Å². The van der Waals surface area contributed by atoms with Gasteiger partial charge >= 0.3 is 0 Å². The largest absolute Gasteiger partial charge is 0.493 e. The molecule has 0 unspecified atom stereocenters. The lowest BCUT2D eigenvalue weighted by atomic mass is 10.1. The maximum atomic E-state index is 12.7. The van der Waals surface area contributed by atoms with Crippen LogP contribution in [0.5, 0.6) is 17.2 Å². The Labute approximate surface area is 158 Å². The van der Waals surface area contributed by atoms with Gasteiger partial charge in [0.1, 0.15) is 5.58 Å². The highest BCUT2D eigenvalue weighted by Crippen LogP contribution is 2.38. The lowest BCUT2D eigenvalue weighted by molar-refractivity contribution is 0.102. The molecule has 5 heteroatoms. The Hall–Kier alpha value is -3.21. The third-order valence-electron chi connectivity index (χ3n) is 4.39. The summed E-state index contributed by atoms with van der Waals surface area (Å²) in [6.07, 6.45) is 3.92. The van der Waals surface area contributed by atoms with Crippen molar-refractivity contribution in [1.82, 2.24) is 0 Å². The van der Waals surface area contributed by atoms with Crippen LogP contribution in [0.25, 0.3) is 17.0 Å². The Bertz CT molecular complexity index is 972. The van der Waals surface area contributed by atoms with Gasteiger partial charge < -0.3 is 18.6 Å². The zero-order valence-corrected chi connectivity index (χ0v) is 15.9. The summed E-state index contributed by atoms with van der Waals surface area (Å²) < 4.78 is 21.8. The Morgan fingerprint density at radius 1 is 1.04 bits per heavy atom. The third-order valence-corrected chi connectivity index (χ3v) is 4.39. The van der Waals surface area contributed by atoms with E-state index in [1.54, 1.807) is 39.5 Å². The fraction of sp³-hybridized carbons (Fsp3) is 0.227. The lowest BCUT2D eigenvalue weighted by Gasteiger charge is -2.12. The van der Waals surface area contributed by atoms with Gasteiger partial charge in [0.15, 0.2) is 17.3 Å². The van der Waals surface area contributed by atoms with Gasteiger partial charge in [-0.25, -0.2) is 0 Å². The second kappa shape index (κ2) is 7.99. The number of rotatable bonds is 7. The van der Waals surface area contributed by atoms with Gasteiger partial charge in [0.25, 0.3) is 0 Å². The van der Waals surface area contributed by atoms with Crippen molar-refractivity contribution in [2.24, 2.45) is 0 Å². The minimum atomic E-state index is -0.184. The van der Waals surface area contributed by atoms with E-state index in [9.17, 15) is 4.79 Å². The molecule has 1 aromatic heterocycles. The molecule has 0 bridgehead atoms. The summed E-state index contributed by atoms with van der Waals surface area (Å²) in [7, 11) is 4.66. The van der Waals surface area contributed by atoms with Crippen molar-refractivity contribution in [3.8, 4) is 17.2 Å².